The lowest BCUT2D eigenvalue weighted by atomic mass is 9.92. The summed E-state index contributed by atoms with van der Waals surface area (Å²) in [7, 11) is 1.76. The van der Waals surface area contributed by atoms with Gasteiger partial charge in [-0.3, -0.25) is 14.4 Å². The van der Waals surface area contributed by atoms with Crippen LogP contribution in [-0.2, 0) is 26.7 Å². The van der Waals surface area contributed by atoms with Crippen LogP contribution in [0.1, 0.15) is 39.0 Å². The molecular weight excluding hydrogens is 512 g/mol. The standard InChI is InChI=1S/C29H38N6O5/c1-6-39-28(37)32-31-26(27(36)30-25-19-24(29(2,3)4)33-34(25)5)22-11-12-23(21-10-8-7-9-20(21)22)40-18-15-35-13-16-38-17-14-35/h7-12,19H,6,13-18H2,1-5H3,(H,30,36)(H,32,37). The second kappa shape index (κ2) is 12.9. The second-order valence-electron chi connectivity index (χ2n) is 10.5. The molecule has 0 aliphatic carbocycles. The van der Waals surface area contributed by atoms with E-state index in [2.05, 4.69) is 25.8 Å². The maximum atomic E-state index is 13.6. The molecule has 1 saturated heterocycles. The summed E-state index contributed by atoms with van der Waals surface area (Å²) in [5.74, 6) is 0.699. The van der Waals surface area contributed by atoms with E-state index in [-0.39, 0.29) is 17.7 Å². The van der Waals surface area contributed by atoms with Gasteiger partial charge in [-0.15, -0.1) is 0 Å². The molecule has 4 rings (SSSR count). The molecule has 0 saturated carbocycles. The third kappa shape index (κ3) is 7.16. The Morgan fingerprint density at radius 3 is 2.50 bits per heavy atom. The van der Waals surface area contributed by atoms with E-state index in [9.17, 15) is 9.59 Å². The first kappa shape index (κ1) is 29.0. The number of hydrogen-bond donors (Lipinski definition) is 2. The highest BCUT2D eigenvalue weighted by Gasteiger charge is 2.23. The number of nitrogens with zero attached hydrogens (tertiary/aromatic N) is 4. The fourth-order valence-corrected chi connectivity index (χ4v) is 4.34. The molecular formula is C29H38N6O5. The predicted octanol–water partition coefficient (Wildman–Crippen LogP) is 3.67. The minimum atomic E-state index is -0.754. The lowest BCUT2D eigenvalue weighted by Crippen LogP contribution is -2.38. The van der Waals surface area contributed by atoms with Crippen molar-refractivity contribution in [3.8, 4) is 5.75 Å². The fourth-order valence-electron chi connectivity index (χ4n) is 4.34. The van der Waals surface area contributed by atoms with Gasteiger partial charge in [0.2, 0.25) is 0 Å². The van der Waals surface area contributed by atoms with Crippen LogP contribution in [-0.4, -0.2) is 78.5 Å². The Morgan fingerprint density at radius 2 is 1.82 bits per heavy atom. The van der Waals surface area contributed by atoms with Gasteiger partial charge in [-0.1, -0.05) is 45.0 Å². The van der Waals surface area contributed by atoms with Crippen molar-refractivity contribution >= 4 is 34.3 Å². The summed E-state index contributed by atoms with van der Waals surface area (Å²) >= 11 is 0. The molecule has 1 aliphatic heterocycles. The van der Waals surface area contributed by atoms with Crippen molar-refractivity contribution in [1.82, 2.24) is 20.1 Å². The van der Waals surface area contributed by atoms with E-state index >= 15 is 0 Å². The summed E-state index contributed by atoms with van der Waals surface area (Å²) in [6, 6.07) is 13.1. The van der Waals surface area contributed by atoms with Crippen LogP contribution in [0, 0.1) is 0 Å². The number of morpholine rings is 1. The lowest BCUT2D eigenvalue weighted by molar-refractivity contribution is -0.110. The summed E-state index contributed by atoms with van der Waals surface area (Å²) in [5.41, 5.74) is 3.52. The molecule has 11 nitrogen and oxygen atoms in total. The number of aryl methyl sites for hydroxylation is 1. The predicted molar refractivity (Wildman–Crippen MR) is 154 cm³/mol. The Hall–Kier alpha value is -3.96. The zero-order chi connectivity index (χ0) is 28.7. The molecule has 11 heteroatoms. The third-order valence-corrected chi connectivity index (χ3v) is 6.55. The van der Waals surface area contributed by atoms with E-state index in [0.29, 0.717) is 23.7 Å². The van der Waals surface area contributed by atoms with Crippen molar-refractivity contribution in [3.63, 3.8) is 0 Å². The summed E-state index contributed by atoms with van der Waals surface area (Å²) in [4.78, 5) is 28.0. The normalized spacial score (nSPS) is 14.7. The number of benzene rings is 2. The highest BCUT2D eigenvalue weighted by atomic mass is 16.5. The Labute approximate surface area is 234 Å². The van der Waals surface area contributed by atoms with E-state index in [1.54, 1.807) is 24.7 Å². The molecule has 3 aromatic rings. The molecule has 40 heavy (non-hydrogen) atoms. The smallest absolute Gasteiger partial charge is 0.427 e. The van der Waals surface area contributed by atoms with Gasteiger partial charge in [0.05, 0.1) is 25.5 Å². The van der Waals surface area contributed by atoms with Crippen molar-refractivity contribution in [3.05, 3.63) is 53.7 Å². The summed E-state index contributed by atoms with van der Waals surface area (Å²) in [6.45, 7) is 12.6. The van der Waals surface area contributed by atoms with Crippen molar-refractivity contribution in [2.75, 3.05) is 51.4 Å². The maximum Gasteiger partial charge on any atom is 0.427 e. The van der Waals surface area contributed by atoms with Gasteiger partial charge in [-0.25, -0.2) is 10.2 Å². The van der Waals surface area contributed by atoms with Gasteiger partial charge in [0, 0.05) is 49.1 Å². The quantitative estimate of drug-likeness (QED) is 0.308. The maximum absolute atomic E-state index is 13.6. The molecule has 1 aliphatic rings. The van der Waals surface area contributed by atoms with Gasteiger partial charge < -0.3 is 19.5 Å². The van der Waals surface area contributed by atoms with Crippen LogP contribution in [0.5, 0.6) is 5.75 Å². The molecule has 2 heterocycles. The lowest BCUT2D eigenvalue weighted by Gasteiger charge is -2.26. The van der Waals surface area contributed by atoms with E-state index < -0.39 is 12.0 Å². The summed E-state index contributed by atoms with van der Waals surface area (Å²) < 4.78 is 18.2. The number of fused-ring (bicyclic) bond motifs is 1. The van der Waals surface area contributed by atoms with E-state index in [1.807, 2.05) is 57.2 Å². The highest BCUT2D eigenvalue weighted by Crippen LogP contribution is 2.30. The van der Waals surface area contributed by atoms with Crippen LogP contribution < -0.4 is 15.5 Å². The minimum absolute atomic E-state index is 0.0163. The van der Waals surface area contributed by atoms with Gasteiger partial charge in [0.1, 0.15) is 18.2 Å². The van der Waals surface area contributed by atoms with Gasteiger partial charge in [0.25, 0.3) is 5.91 Å². The molecule has 2 N–H and O–H groups in total. The number of aromatic nitrogens is 2. The average molecular weight is 551 g/mol. The van der Waals surface area contributed by atoms with Crippen molar-refractivity contribution in [1.29, 1.82) is 0 Å². The molecule has 0 unspecified atom stereocenters. The number of carbonyl (C=O) groups is 2. The van der Waals surface area contributed by atoms with Crippen LogP contribution in [0.15, 0.2) is 47.6 Å². The molecule has 0 atom stereocenters. The Bertz CT molecular complexity index is 1370. The molecule has 0 bridgehead atoms. The molecule has 2 amide bonds. The van der Waals surface area contributed by atoms with Crippen molar-refractivity contribution in [2.24, 2.45) is 12.1 Å². The van der Waals surface area contributed by atoms with Crippen LogP contribution >= 0.6 is 0 Å². The molecule has 2 aromatic carbocycles. The van der Waals surface area contributed by atoms with Crippen molar-refractivity contribution in [2.45, 2.75) is 33.1 Å². The molecule has 1 fully saturated rings. The molecule has 0 radical (unpaired) electrons. The first-order chi connectivity index (χ1) is 19.2. The number of hydrogen-bond acceptors (Lipinski definition) is 8. The number of rotatable bonds is 9. The van der Waals surface area contributed by atoms with Crippen LogP contribution in [0.4, 0.5) is 10.6 Å². The fraction of sp³-hybridized carbons (Fsp3) is 0.448. The highest BCUT2D eigenvalue weighted by molar-refractivity contribution is 6.50. The topological polar surface area (TPSA) is 119 Å². The van der Waals surface area contributed by atoms with Gasteiger partial charge in [-0.05, 0) is 24.4 Å². The Balaban J connectivity index is 1.64. The van der Waals surface area contributed by atoms with E-state index in [4.69, 9.17) is 14.2 Å². The first-order valence-corrected chi connectivity index (χ1v) is 13.5. The monoisotopic (exact) mass is 550 g/mol. The van der Waals surface area contributed by atoms with Crippen LogP contribution in [0.3, 0.4) is 0 Å². The largest absolute Gasteiger partial charge is 0.492 e. The van der Waals surface area contributed by atoms with Crippen LogP contribution in [0.2, 0.25) is 0 Å². The number of amides is 2. The van der Waals surface area contributed by atoms with E-state index in [1.165, 1.54) is 0 Å². The first-order valence-electron chi connectivity index (χ1n) is 13.5. The number of hydrazone groups is 1. The van der Waals surface area contributed by atoms with Crippen LogP contribution in [0.25, 0.3) is 10.8 Å². The molecule has 214 valence electrons. The molecule has 0 spiro atoms. The Kier molecular flexibility index (Phi) is 9.38. The van der Waals surface area contributed by atoms with Gasteiger partial charge in [0.15, 0.2) is 5.71 Å². The van der Waals surface area contributed by atoms with Gasteiger partial charge >= 0.3 is 6.09 Å². The summed E-state index contributed by atoms with van der Waals surface area (Å²) in [6.07, 6.45) is -0.754. The SMILES string of the molecule is CCOC(=O)NN=C(C(=O)Nc1cc(C(C)(C)C)nn1C)c1ccc(OCCN2CCOCC2)c2ccccc12. The number of carbonyl (C=O) groups excluding carboxylic acids is 2. The minimum Gasteiger partial charge on any atom is -0.492 e. The zero-order valence-corrected chi connectivity index (χ0v) is 23.8. The van der Waals surface area contributed by atoms with E-state index in [0.717, 1.165) is 49.3 Å². The Morgan fingerprint density at radius 1 is 1.10 bits per heavy atom. The number of anilines is 1. The zero-order valence-electron chi connectivity index (χ0n) is 23.8. The van der Waals surface area contributed by atoms with Gasteiger partial charge in [-0.2, -0.15) is 10.2 Å². The molecule has 1 aromatic heterocycles. The third-order valence-electron chi connectivity index (χ3n) is 6.55. The second-order valence-corrected chi connectivity index (χ2v) is 10.5. The van der Waals surface area contributed by atoms with Crippen molar-refractivity contribution < 1.29 is 23.8 Å². The summed E-state index contributed by atoms with van der Waals surface area (Å²) in [5, 5.41) is 13.2. The number of nitrogens with one attached hydrogen (secondary N) is 2. The number of ether oxygens (including phenoxy) is 3. The average Bonchev–Trinajstić information content (AvgIpc) is 3.31.